The summed E-state index contributed by atoms with van der Waals surface area (Å²) in [5.41, 5.74) is 3.01. The fourth-order valence-electron chi connectivity index (χ4n) is 6.98. The van der Waals surface area contributed by atoms with Gasteiger partial charge in [-0.05, 0) is 137 Å². The fourth-order valence-corrected chi connectivity index (χ4v) is 6.98. The van der Waals surface area contributed by atoms with Crippen LogP contribution in [0.15, 0.2) is 66.7 Å². The van der Waals surface area contributed by atoms with Crippen molar-refractivity contribution < 1.29 is 33.3 Å². The molecule has 0 atom stereocenters. The molecule has 2 fully saturated rings. The molecule has 49 heavy (non-hydrogen) atoms. The molecular weight excluding hydrogens is 616 g/mol. The molecule has 0 radical (unpaired) electrons. The number of ether oxygens (including phenoxy) is 4. The first kappa shape index (κ1) is 36.2. The fraction of sp³-hybridized carbons (Fsp3) is 0.500. The van der Waals surface area contributed by atoms with E-state index in [2.05, 4.69) is 13.8 Å². The second-order valence-electron chi connectivity index (χ2n) is 13.9. The van der Waals surface area contributed by atoms with Gasteiger partial charge >= 0.3 is 11.9 Å². The van der Waals surface area contributed by atoms with E-state index in [4.69, 9.17) is 18.9 Å². The SMILES string of the molecule is CCCc1ccc(OC(=O)C2CCC(COc3ccc(OCC4CCC(C(=O)Oc5ccc(CCC)cc5)CC4)c(C(C)=O)c3)CC2)cc1. The molecule has 0 aliphatic heterocycles. The number of carbonyl (C=O) groups excluding carboxylic acids is 3. The molecule has 5 rings (SSSR count). The molecule has 2 saturated carbocycles. The van der Waals surface area contributed by atoms with Gasteiger partial charge < -0.3 is 18.9 Å². The zero-order chi connectivity index (χ0) is 34.6. The van der Waals surface area contributed by atoms with E-state index in [0.29, 0.717) is 53.6 Å². The summed E-state index contributed by atoms with van der Waals surface area (Å²) in [7, 11) is 0. The number of hydrogen-bond acceptors (Lipinski definition) is 7. The highest BCUT2D eigenvalue weighted by Crippen LogP contribution is 2.34. The van der Waals surface area contributed by atoms with Gasteiger partial charge in [0.15, 0.2) is 5.78 Å². The summed E-state index contributed by atoms with van der Waals surface area (Å²) in [5, 5.41) is 0. The van der Waals surface area contributed by atoms with Gasteiger partial charge in [0.25, 0.3) is 0 Å². The Morgan fingerprint density at radius 3 is 1.43 bits per heavy atom. The first-order valence-corrected chi connectivity index (χ1v) is 18.3. The molecule has 0 bridgehead atoms. The Morgan fingerprint density at radius 1 is 0.571 bits per heavy atom. The Bertz CT molecular complexity index is 1510. The largest absolute Gasteiger partial charge is 0.493 e. The van der Waals surface area contributed by atoms with Crippen LogP contribution in [0.25, 0.3) is 0 Å². The topological polar surface area (TPSA) is 88.1 Å². The quantitative estimate of drug-likeness (QED) is 0.0906. The van der Waals surface area contributed by atoms with Crippen molar-refractivity contribution in [2.45, 2.75) is 97.8 Å². The van der Waals surface area contributed by atoms with Crippen molar-refractivity contribution in [3.63, 3.8) is 0 Å². The number of rotatable bonds is 15. The maximum Gasteiger partial charge on any atom is 0.314 e. The molecule has 0 unspecified atom stereocenters. The van der Waals surface area contributed by atoms with Crippen LogP contribution in [-0.4, -0.2) is 30.9 Å². The van der Waals surface area contributed by atoms with Gasteiger partial charge in [0.05, 0.1) is 30.6 Å². The van der Waals surface area contributed by atoms with Crippen LogP contribution in [0, 0.1) is 23.7 Å². The Morgan fingerprint density at radius 2 is 1.00 bits per heavy atom. The molecule has 0 aromatic heterocycles. The summed E-state index contributed by atoms with van der Waals surface area (Å²) in [6.45, 7) is 6.87. The Hall–Kier alpha value is -4.13. The van der Waals surface area contributed by atoms with Gasteiger partial charge in [-0.2, -0.15) is 0 Å². The highest BCUT2D eigenvalue weighted by atomic mass is 16.5. The summed E-state index contributed by atoms with van der Waals surface area (Å²) < 4.78 is 23.6. The minimum absolute atomic E-state index is 0.0753. The minimum atomic E-state index is -0.156. The molecule has 262 valence electrons. The lowest BCUT2D eigenvalue weighted by molar-refractivity contribution is -0.141. The van der Waals surface area contributed by atoms with E-state index in [1.165, 1.54) is 11.1 Å². The zero-order valence-electron chi connectivity index (χ0n) is 29.4. The van der Waals surface area contributed by atoms with Gasteiger partial charge in [0.1, 0.15) is 23.0 Å². The minimum Gasteiger partial charge on any atom is -0.493 e. The molecule has 0 heterocycles. The number of Topliss-reactive ketones (excluding diaryl/α,β-unsaturated/α-hetero) is 1. The molecule has 0 saturated heterocycles. The number of ketones is 1. The summed E-state index contributed by atoms with van der Waals surface area (Å²) in [6.07, 6.45) is 10.8. The van der Waals surface area contributed by atoms with Gasteiger partial charge in [0, 0.05) is 0 Å². The van der Waals surface area contributed by atoms with Crippen molar-refractivity contribution in [3.05, 3.63) is 83.4 Å². The van der Waals surface area contributed by atoms with E-state index in [9.17, 15) is 14.4 Å². The van der Waals surface area contributed by atoms with Gasteiger partial charge in [-0.15, -0.1) is 0 Å². The van der Waals surface area contributed by atoms with Crippen molar-refractivity contribution in [2.75, 3.05) is 13.2 Å². The number of benzene rings is 3. The highest BCUT2D eigenvalue weighted by Gasteiger charge is 2.30. The third kappa shape index (κ3) is 10.7. The number of esters is 2. The predicted molar refractivity (Wildman–Crippen MR) is 190 cm³/mol. The third-order valence-corrected chi connectivity index (χ3v) is 10.0. The van der Waals surface area contributed by atoms with E-state index in [1.807, 2.05) is 60.7 Å². The summed E-state index contributed by atoms with van der Waals surface area (Å²) in [4.78, 5) is 38.1. The smallest absolute Gasteiger partial charge is 0.314 e. The van der Waals surface area contributed by atoms with Crippen LogP contribution in [0.5, 0.6) is 23.0 Å². The van der Waals surface area contributed by atoms with Crippen molar-refractivity contribution in [3.8, 4) is 23.0 Å². The summed E-state index contributed by atoms with van der Waals surface area (Å²) in [6, 6.07) is 21.1. The third-order valence-electron chi connectivity index (χ3n) is 10.0. The van der Waals surface area contributed by atoms with E-state index in [1.54, 1.807) is 13.0 Å². The molecule has 7 heteroatoms. The lowest BCUT2D eigenvalue weighted by Crippen LogP contribution is -2.28. The number of aryl methyl sites for hydroxylation is 2. The average molecular weight is 669 g/mol. The Labute approximate surface area is 291 Å². The van der Waals surface area contributed by atoms with Crippen molar-refractivity contribution >= 4 is 17.7 Å². The van der Waals surface area contributed by atoms with Crippen LogP contribution in [0.3, 0.4) is 0 Å². The lowest BCUT2D eigenvalue weighted by Gasteiger charge is -2.28. The first-order chi connectivity index (χ1) is 23.8. The Balaban J connectivity index is 1.02. The van der Waals surface area contributed by atoms with Gasteiger partial charge in [-0.1, -0.05) is 51.0 Å². The number of carbonyl (C=O) groups is 3. The lowest BCUT2D eigenvalue weighted by atomic mass is 9.82. The molecule has 2 aliphatic carbocycles. The molecular formula is C42H52O7. The molecule has 2 aliphatic rings. The standard InChI is InChI=1S/C42H52O7/c1-4-6-30-12-20-36(21-13-30)48-41(44)34-16-8-32(9-17-34)27-46-38-24-25-40(39(26-38)29(3)43)47-28-33-10-18-35(19-11-33)42(45)49-37-22-14-31(7-5-2)15-23-37/h12-15,20-26,32-35H,4-11,16-19,27-28H2,1-3H3. The van der Waals surface area contributed by atoms with E-state index < -0.39 is 0 Å². The maximum atomic E-state index is 12.8. The number of hydrogen-bond donors (Lipinski definition) is 0. The normalized spacial score (nSPS) is 20.6. The molecule has 7 nitrogen and oxygen atoms in total. The maximum absolute atomic E-state index is 12.8. The zero-order valence-corrected chi connectivity index (χ0v) is 29.4. The van der Waals surface area contributed by atoms with E-state index in [0.717, 1.165) is 77.0 Å². The van der Waals surface area contributed by atoms with E-state index >= 15 is 0 Å². The van der Waals surface area contributed by atoms with Crippen LogP contribution in [-0.2, 0) is 22.4 Å². The van der Waals surface area contributed by atoms with Crippen LogP contribution in [0.1, 0.15) is 106 Å². The average Bonchev–Trinajstić information content (AvgIpc) is 3.12. The summed E-state index contributed by atoms with van der Waals surface area (Å²) >= 11 is 0. The molecule has 3 aromatic rings. The van der Waals surface area contributed by atoms with Gasteiger partial charge in [0.2, 0.25) is 0 Å². The van der Waals surface area contributed by atoms with Crippen LogP contribution in [0.4, 0.5) is 0 Å². The van der Waals surface area contributed by atoms with Crippen molar-refractivity contribution in [2.24, 2.45) is 23.7 Å². The van der Waals surface area contributed by atoms with E-state index in [-0.39, 0.29) is 29.6 Å². The van der Waals surface area contributed by atoms with Crippen LogP contribution < -0.4 is 18.9 Å². The molecule has 0 amide bonds. The van der Waals surface area contributed by atoms with Crippen molar-refractivity contribution in [1.82, 2.24) is 0 Å². The molecule has 0 N–H and O–H groups in total. The molecule has 3 aromatic carbocycles. The van der Waals surface area contributed by atoms with Gasteiger partial charge in [-0.25, -0.2) is 0 Å². The second-order valence-corrected chi connectivity index (χ2v) is 13.9. The second kappa shape index (κ2) is 18.0. The monoisotopic (exact) mass is 668 g/mol. The Kier molecular flexibility index (Phi) is 13.3. The first-order valence-electron chi connectivity index (χ1n) is 18.3. The molecule has 0 spiro atoms. The van der Waals surface area contributed by atoms with Crippen molar-refractivity contribution in [1.29, 1.82) is 0 Å². The van der Waals surface area contributed by atoms with Gasteiger partial charge in [-0.3, -0.25) is 14.4 Å². The highest BCUT2D eigenvalue weighted by molar-refractivity contribution is 5.97. The summed E-state index contributed by atoms with van der Waals surface area (Å²) in [5.74, 6) is 2.49. The van der Waals surface area contributed by atoms with Crippen LogP contribution in [0.2, 0.25) is 0 Å². The van der Waals surface area contributed by atoms with Crippen LogP contribution >= 0.6 is 0 Å². The predicted octanol–water partition coefficient (Wildman–Crippen LogP) is 9.38.